The number of piperazine rings is 1. The van der Waals surface area contributed by atoms with Gasteiger partial charge in [-0.05, 0) is 56.5 Å². The number of nitrogens with zero attached hydrogens (tertiary/aromatic N) is 3. The Morgan fingerprint density at radius 1 is 0.941 bits per heavy atom. The molecule has 0 aliphatic carbocycles. The number of sulfonamides is 1. The summed E-state index contributed by atoms with van der Waals surface area (Å²) >= 11 is 0. The maximum Gasteiger partial charge on any atom is 0.243 e. The number of amides is 1. The van der Waals surface area contributed by atoms with Crippen molar-refractivity contribution in [1.29, 1.82) is 0 Å². The average Bonchev–Trinajstić information content (AvgIpc) is 3.28. The fraction of sp³-hybridized carbons (Fsp3) is 0.385. The molecule has 1 aliphatic rings. The van der Waals surface area contributed by atoms with Gasteiger partial charge in [-0.2, -0.15) is 4.31 Å². The molecule has 1 saturated heterocycles. The van der Waals surface area contributed by atoms with Crippen LogP contribution in [-0.4, -0.2) is 54.7 Å². The maximum atomic E-state index is 13.1. The molecule has 8 heteroatoms. The summed E-state index contributed by atoms with van der Waals surface area (Å²) in [5.74, 6) is 1.20. The van der Waals surface area contributed by atoms with Crippen LogP contribution in [0.25, 0.3) is 11.3 Å². The van der Waals surface area contributed by atoms with Gasteiger partial charge in [0.25, 0.3) is 0 Å². The molecule has 0 radical (unpaired) electrons. The lowest BCUT2D eigenvalue weighted by Gasteiger charge is -2.34. The first-order valence-electron chi connectivity index (χ1n) is 11.5. The van der Waals surface area contributed by atoms with E-state index in [9.17, 15) is 13.2 Å². The van der Waals surface area contributed by atoms with Gasteiger partial charge in [-0.1, -0.05) is 29.8 Å². The summed E-state index contributed by atoms with van der Waals surface area (Å²) in [6.07, 6.45) is 2.38. The Hall–Kier alpha value is -2.97. The number of rotatable bonds is 6. The lowest BCUT2D eigenvalue weighted by molar-refractivity contribution is -0.132. The van der Waals surface area contributed by atoms with Gasteiger partial charge in [-0.25, -0.2) is 13.4 Å². The predicted octanol–water partition coefficient (Wildman–Crippen LogP) is 4.04. The lowest BCUT2D eigenvalue weighted by atomic mass is 10.1. The molecule has 2 heterocycles. The molecule has 180 valence electrons. The zero-order chi connectivity index (χ0) is 24.5. The van der Waals surface area contributed by atoms with E-state index in [0.29, 0.717) is 36.1 Å². The molecule has 0 bridgehead atoms. The molecule has 0 atom stereocenters. The molecule has 2 aromatic carbocycles. The summed E-state index contributed by atoms with van der Waals surface area (Å²) in [6.45, 7) is 9.21. The van der Waals surface area contributed by atoms with E-state index in [2.05, 4.69) is 31.0 Å². The number of aryl methyl sites for hydroxylation is 5. The summed E-state index contributed by atoms with van der Waals surface area (Å²) in [7, 11) is -3.57. The van der Waals surface area contributed by atoms with E-state index in [1.165, 1.54) is 15.4 Å². The van der Waals surface area contributed by atoms with Crippen LogP contribution in [-0.2, 0) is 21.2 Å². The summed E-state index contributed by atoms with van der Waals surface area (Å²) in [5.41, 5.74) is 5.14. The first kappa shape index (κ1) is 24.2. The summed E-state index contributed by atoms with van der Waals surface area (Å²) in [6, 6.07) is 11.5. The van der Waals surface area contributed by atoms with Crippen LogP contribution in [0, 0.1) is 27.7 Å². The van der Waals surface area contributed by atoms with Crippen LogP contribution in [0.4, 0.5) is 0 Å². The van der Waals surface area contributed by atoms with Crippen molar-refractivity contribution < 1.29 is 17.6 Å². The Labute approximate surface area is 201 Å². The van der Waals surface area contributed by atoms with Gasteiger partial charge in [0.05, 0.1) is 11.1 Å². The van der Waals surface area contributed by atoms with E-state index in [-0.39, 0.29) is 25.4 Å². The van der Waals surface area contributed by atoms with Crippen molar-refractivity contribution in [2.45, 2.75) is 45.4 Å². The minimum Gasteiger partial charge on any atom is -0.441 e. The Balaban J connectivity index is 1.32. The van der Waals surface area contributed by atoms with Gasteiger partial charge >= 0.3 is 0 Å². The minimum absolute atomic E-state index is 0.0190. The molecule has 0 N–H and O–H groups in total. The van der Waals surface area contributed by atoms with Crippen LogP contribution >= 0.6 is 0 Å². The van der Waals surface area contributed by atoms with Crippen molar-refractivity contribution in [3.63, 3.8) is 0 Å². The van der Waals surface area contributed by atoms with Crippen molar-refractivity contribution >= 4 is 15.9 Å². The monoisotopic (exact) mass is 481 g/mol. The smallest absolute Gasteiger partial charge is 0.243 e. The molecule has 0 spiro atoms. The van der Waals surface area contributed by atoms with Gasteiger partial charge in [0, 0.05) is 44.6 Å². The van der Waals surface area contributed by atoms with Gasteiger partial charge in [0.2, 0.25) is 15.9 Å². The third-order valence-electron chi connectivity index (χ3n) is 6.44. The molecule has 7 nitrogen and oxygen atoms in total. The standard InChI is InChI=1S/C26H31N3O4S/c1-18-5-8-24(21(4)15-18)34(31,32)29-13-11-28(12-14-29)26(30)10-9-25-27-17-23(33-25)22-7-6-19(2)20(3)16-22/h5-8,15-17H,9-14H2,1-4H3. The topological polar surface area (TPSA) is 83.7 Å². The van der Waals surface area contributed by atoms with Gasteiger partial charge in [0.15, 0.2) is 11.7 Å². The van der Waals surface area contributed by atoms with Crippen molar-refractivity contribution in [2.24, 2.45) is 0 Å². The highest BCUT2D eigenvalue weighted by molar-refractivity contribution is 7.89. The van der Waals surface area contributed by atoms with Crippen LogP contribution in [0.1, 0.15) is 34.6 Å². The molecule has 4 rings (SSSR count). The van der Waals surface area contributed by atoms with Gasteiger partial charge < -0.3 is 9.32 Å². The van der Waals surface area contributed by atoms with E-state index in [0.717, 1.165) is 16.7 Å². The molecule has 1 aliphatic heterocycles. The van der Waals surface area contributed by atoms with E-state index in [1.807, 2.05) is 32.0 Å². The average molecular weight is 482 g/mol. The number of benzene rings is 2. The second kappa shape index (κ2) is 9.72. The summed E-state index contributed by atoms with van der Waals surface area (Å²) in [4.78, 5) is 19.1. The number of aromatic nitrogens is 1. The second-order valence-corrected chi connectivity index (χ2v) is 10.9. The third kappa shape index (κ3) is 5.08. The van der Waals surface area contributed by atoms with Crippen LogP contribution in [0.5, 0.6) is 0 Å². The third-order valence-corrected chi connectivity index (χ3v) is 8.50. The number of hydrogen-bond donors (Lipinski definition) is 0. The SMILES string of the molecule is Cc1ccc(S(=O)(=O)N2CCN(C(=O)CCc3ncc(-c4ccc(C)c(C)c4)o3)CC2)c(C)c1. The lowest BCUT2D eigenvalue weighted by Crippen LogP contribution is -2.50. The van der Waals surface area contributed by atoms with E-state index in [4.69, 9.17) is 4.42 Å². The van der Waals surface area contributed by atoms with Crippen molar-refractivity contribution in [3.8, 4) is 11.3 Å². The fourth-order valence-electron chi connectivity index (χ4n) is 4.23. The number of carbonyl (C=O) groups excluding carboxylic acids is 1. The van der Waals surface area contributed by atoms with E-state index < -0.39 is 10.0 Å². The Bertz CT molecular complexity index is 1310. The number of hydrogen-bond acceptors (Lipinski definition) is 5. The van der Waals surface area contributed by atoms with Crippen LogP contribution < -0.4 is 0 Å². The van der Waals surface area contributed by atoms with E-state index in [1.54, 1.807) is 17.2 Å². The first-order valence-corrected chi connectivity index (χ1v) is 13.0. The Morgan fingerprint density at radius 3 is 2.35 bits per heavy atom. The number of carbonyl (C=O) groups is 1. The Kier molecular flexibility index (Phi) is 6.91. The normalized spacial score (nSPS) is 15.0. The summed E-state index contributed by atoms with van der Waals surface area (Å²) < 4.78 is 33.5. The summed E-state index contributed by atoms with van der Waals surface area (Å²) in [5, 5.41) is 0. The highest BCUT2D eigenvalue weighted by atomic mass is 32.2. The quantitative estimate of drug-likeness (QED) is 0.531. The molecule has 1 amide bonds. The zero-order valence-corrected chi connectivity index (χ0v) is 21.0. The second-order valence-electron chi connectivity index (χ2n) is 8.97. The fourth-order valence-corrected chi connectivity index (χ4v) is 5.86. The highest BCUT2D eigenvalue weighted by Crippen LogP contribution is 2.24. The minimum atomic E-state index is -3.57. The Morgan fingerprint density at radius 2 is 1.68 bits per heavy atom. The molecule has 3 aromatic rings. The molecular formula is C26H31N3O4S. The van der Waals surface area contributed by atoms with Crippen molar-refractivity contribution in [2.75, 3.05) is 26.2 Å². The van der Waals surface area contributed by atoms with Crippen LogP contribution in [0.15, 0.2) is 51.9 Å². The molecule has 34 heavy (non-hydrogen) atoms. The zero-order valence-electron chi connectivity index (χ0n) is 20.2. The first-order chi connectivity index (χ1) is 16.1. The van der Waals surface area contributed by atoms with Crippen LogP contribution in [0.3, 0.4) is 0 Å². The predicted molar refractivity (Wildman–Crippen MR) is 131 cm³/mol. The van der Waals surface area contributed by atoms with Gasteiger partial charge in [-0.15, -0.1) is 0 Å². The number of oxazole rings is 1. The van der Waals surface area contributed by atoms with Crippen molar-refractivity contribution in [3.05, 3.63) is 70.7 Å². The molecular weight excluding hydrogens is 450 g/mol. The van der Waals surface area contributed by atoms with Gasteiger partial charge in [-0.3, -0.25) is 4.79 Å². The van der Waals surface area contributed by atoms with Crippen molar-refractivity contribution in [1.82, 2.24) is 14.2 Å². The largest absolute Gasteiger partial charge is 0.441 e. The molecule has 0 unspecified atom stereocenters. The van der Waals surface area contributed by atoms with E-state index >= 15 is 0 Å². The highest BCUT2D eigenvalue weighted by Gasteiger charge is 2.31. The van der Waals surface area contributed by atoms with Crippen LogP contribution in [0.2, 0.25) is 0 Å². The molecule has 1 fully saturated rings. The molecule has 0 saturated carbocycles. The maximum absolute atomic E-state index is 13.1. The molecule has 1 aromatic heterocycles. The van der Waals surface area contributed by atoms with Gasteiger partial charge in [0.1, 0.15) is 0 Å².